The van der Waals surface area contributed by atoms with Gasteiger partial charge in [-0.2, -0.15) is 0 Å². The van der Waals surface area contributed by atoms with Gasteiger partial charge in [0.15, 0.2) is 0 Å². The Morgan fingerprint density at radius 2 is 1.01 bits per heavy atom. The first-order valence-electron chi connectivity index (χ1n) is 26.9. The maximum absolute atomic E-state index is 12.6. The quantitative estimate of drug-likeness (QED) is 0.0203. The second-order valence-electron chi connectivity index (χ2n) is 19.3. The Morgan fingerprint density at radius 3 is 1.51 bits per heavy atom. The topological polar surface area (TPSA) is 176 Å². The number of hydrogen-bond acceptors (Lipinski definition) is 14. The normalized spacial score (nSPS) is 16.8. The maximum atomic E-state index is 12.6. The van der Waals surface area contributed by atoms with Crippen LogP contribution in [0.3, 0.4) is 0 Å². The summed E-state index contributed by atoms with van der Waals surface area (Å²) in [6, 6.07) is 17.6. The molecule has 0 heterocycles. The predicted octanol–water partition coefficient (Wildman–Crippen LogP) is 12.8. The SMILES string of the molecule is C=C(C)C(=O)OCCCCCCOC(=O)C1CCC(C2CCC(CCCCC)CC2)CC1.C=CC(=O)OCCCOc1ccc(C(=O)Oc2ccc(OC(=O)c3ccc(OCCCOC(=O)C=C)cc3)c(C)c2)cc1. The zero-order chi connectivity index (χ0) is 54.2. The van der Waals surface area contributed by atoms with E-state index in [-0.39, 0.29) is 36.8 Å². The molecule has 0 aromatic heterocycles. The molecule has 3 aromatic carbocycles. The van der Waals surface area contributed by atoms with Crippen LogP contribution in [0.2, 0.25) is 0 Å². The molecule has 14 nitrogen and oxygen atoms in total. The summed E-state index contributed by atoms with van der Waals surface area (Å²) in [5.41, 5.74) is 1.68. The van der Waals surface area contributed by atoms with Crippen molar-refractivity contribution in [3.63, 3.8) is 0 Å². The zero-order valence-electron chi connectivity index (χ0n) is 44.6. The molecule has 0 atom stereocenters. The van der Waals surface area contributed by atoms with Crippen LogP contribution >= 0.6 is 0 Å². The van der Waals surface area contributed by atoms with Crippen LogP contribution < -0.4 is 18.9 Å². The van der Waals surface area contributed by atoms with E-state index in [0.717, 1.165) is 68.4 Å². The highest BCUT2D eigenvalue weighted by atomic mass is 16.6. The van der Waals surface area contributed by atoms with Crippen LogP contribution in [0.4, 0.5) is 0 Å². The molecule has 2 aliphatic rings. The van der Waals surface area contributed by atoms with Crippen molar-refractivity contribution in [2.24, 2.45) is 23.7 Å². The largest absolute Gasteiger partial charge is 0.493 e. The predicted molar refractivity (Wildman–Crippen MR) is 287 cm³/mol. The molecule has 0 radical (unpaired) electrons. The Morgan fingerprint density at radius 1 is 0.533 bits per heavy atom. The molecule has 0 N–H and O–H groups in total. The molecule has 5 rings (SSSR count). The highest BCUT2D eigenvalue weighted by Crippen LogP contribution is 2.42. The van der Waals surface area contributed by atoms with E-state index in [4.69, 9.17) is 37.9 Å². The fourth-order valence-corrected chi connectivity index (χ4v) is 9.05. The molecule has 0 saturated heterocycles. The molecule has 3 aromatic rings. The smallest absolute Gasteiger partial charge is 0.343 e. The second-order valence-corrected chi connectivity index (χ2v) is 19.3. The molecule has 0 spiro atoms. The summed E-state index contributed by atoms with van der Waals surface area (Å²) in [5, 5.41) is 0. The Kier molecular flexibility index (Phi) is 28.2. The maximum Gasteiger partial charge on any atom is 0.343 e. The van der Waals surface area contributed by atoms with Gasteiger partial charge in [-0.25, -0.2) is 24.0 Å². The van der Waals surface area contributed by atoms with Crippen molar-refractivity contribution in [1.82, 2.24) is 0 Å². The van der Waals surface area contributed by atoms with Crippen molar-refractivity contribution in [3.05, 3.63) is 121 Å². The van der Waals surface area contributed by atoms with Gasteiger partial charge in [0, 0.05) is 30.6 Å². The zero-order valence-corrected chi connectivity index (χ0v) is 44.6. The highest BCUT2D eigenvalue weighted by Gasteiger charge is 2.33. The number of benzene rings is 3. The molecule has 0 amide bonds. The number of unbranched alkanes of at least 4 members (excludes halogenated alkanes) is 5. The van der Waals surface area contributed by atoms with E-state index >= 15 is 0 Å². The van der Waals surface area contributed by atoms with Crippen molar-refractivity contribution in [2.75, 3.05) is 39.6 Å². The molecule has 0 bridgehead atoms. The van der Waals surface area contributed by atoms with Crippen LogP contribution in [-0.4, -0.2) is 75.5 Å². The highest BCUT2D eigenvalue weighted by molar-refractivity contribution is 5.92. The fraction of sp³-hybridized carbons (Fsp3) is 0.508. The van der Waals surface area contributed by atoms with Crippen molar-refractivity contribution < 1.29 is 66.7 Å². The lowest BCUT2D eigenvalue weighted by Gasteiger charge is -2.37. The molecule has 75 heavy (non-hydrogen) atoms. The Hall–Kier alpha value is -6.70. The van der Waals surface area contributed by atoms with Crippen LogP contribution in [-0.2, 0) is 38.1 Å². The van der Waals surface area contributed by atoms with Crippen LogP contribution in [0, 0.1) is 30.6 Å². The molecule has 14 heteroatoms. The first-order chi connectivity index (χ1) is 36.3. The van der Waals surface area contributed by atoms with Gasteiger partial charge < -0.3 is 37.9 Å². The molecule has 2 saturated carbocycles. The first-order valence-corrected chi connectivity index (χ1v) is 26.9. The third-order valence-corrected chi connectivity index (χ3v) is 13.4. The van der Waals surface area contributed by atoms with Crippen molar-refractivity contribution in [1.29, 1.82) is 0 Å². The number of hydrogen-bond donors (Lipinski definition) is 0. The molecular weight excluding hydrogens is 957 g/mol. The lowest BCUT2D eigenvalue weighted by atomic mass is 9.68. The summed E-state index contributed by atoms with van der Waals surface area (Å²) in [7, 11) is 0. The summed E-state index contributed by atoms with van der Waals surface area (Å²) >= 11 is 0. The van der Waals surface area contributed by atoms with Crippen LogP contribution in [0.15, 0.2) is 104 Å². The Labute approximate surface area is 444 Å². The van der Waals surface area contributed by atoms with Gasteiger partial charge in [-0.3, -0.25) is 4.79 Å². The minimum absolute atomic E-state index is 0.0264. The van der Waals surface area contributed by atoms with E-state index in [1.807, 2.05) is 0 Å². The monoisotopic (exact) mass is 1040 g/mol. The molecule has 2 fully saturated rings. The molecule has 0 unspecified atom stereocenters. The van der Waals surface area contributed by atoms with Gasteiger partial charge in [-0.05, 0) is 168 Å². The Balaban J connectivity index is 0.000000339. The van der Waals surface area contributed by atoms with Crippen molar-refractivity contribution >= 4 is 35.8 Å². The van der Waals surface area contributed by atoms with Gasteiger partial charge in [0.05, 0.1) is 56.7 Å². The van der Waals surface area contributed by atoms with E-state index in [9.17, 15) is 28.8 Å². The summed E-state index contributed by atoms with van der Waals surface area (Å²) in [6.07, 6.45) is 22.7. The summed E-state index contributed by atoms with van der Waals surface area (Å²) < 4.78 is 42.5. The van der Waals surface area contributed by atoms with Gasteiger partial charge in [0.1, 0.15) is 23.0 Å². The number of aryl methyl sites for hydroxylation is 1. The van der Waals surface area contributed by atoms with Crippen molar-refractivity contribution in [2.45, 2.75) is 136 Å². The first kappa shape index (κ1) is 60.9. The van der Waals surface area contributed by atoms with Gasteiger partial charge in [-0.1, -0.05) is 65.2 Å². The molecule has 408 valence electrons. The van der Waals surface area contributed by atoms with E-state index in [0.29, 0.717) is 78.8 Å². The van der Waals surface area contributed by atoms with Gasteiger partial charge in [-0.15, -0.1) is 0 Å². The van der Waals surface area contributed by atoms with Crippen LogP contribution in [0.5, 0.6) is 23.0 Å². The lowest BCUT2D eigenvalue weighted by Crippen LogP contribution is -2.29. The minimum Gasteiger partial charge on any atom is -0.493 e. The van der Waals surface area contributed by atoms with Crippen molar-refractivity contribution in [3.8, 4) is 23.0 Å². The van der Waals surface area contributed by atoms with Crippen LogP contribution in [0.25, 0.3) is 0 Å². The molecular formula is C61H80O14. The van der Waals surface area contributed by atoms with E-state index in [1.165, 1.54) is 70.3 Å². The minimum atomic E-state index is -0.563. The average molecular weight is 1040 g/mol. The fourth-order valence-electron chi connectivity index (χ4n) is 9.05. The summed E-state index contributed by atoms with van der Waals surface area (Å²) in [4.78, 5) is 71.0. The van der Waals surface area contributed by atoms with Crippen LogP contribution in [0.1, 0.15) is 156 Å². The van der Waals surface area contributed by atoms with Gasteiger partial charge in [0.2, 0.25) is 0 Å². The molecule has 2 aliphatic carbocycles. The standard InChI is InChI=1S/C33H32O10.C28H48O4/c1-4-30(34)40-20-6-18-38-26-12-8-24(9-13-26)32(36)42-28-16-17-29(23(3)22-28)43-33(37)25-10-14-27(15-11-25)39-19-7-21-41-31(35)5-2;1-4-5-8-11-23-12-14-24(15-13-23)25-16-18-26(19-17-25)28(30)32-21-10-7-6-9-20-31-27(29)22(2)3/h4-5,8-17,22H,1-2,6-7,18-21H2,3H3;23-26H,2,4-21H2,1,3H3. The molecule has 0 aliphatic heterocycles. The lowest BCUT2D eigenvalue weighted by molar-refractivity contribution is -0.150. The second kappa shape index (κ2) is 34.7. The number of esters is 6. The third kappa shape index (κ3) is 23.6. The van der Waals surface area contributed by atoms with E-state index in [1.54, 1.807) is 74.5 Å². The number of rotatable bonds is 30. The third-order valence-electron chi connectivity index (χ3n) is 13.4. The van der Waals surface area contributed by atoms with E-state index in [2.05, 4.69) is 26.7 Å². The Bertz CT molecular complexity index is 2270. The summed E-state index contributed by atoms with van der Waals surface area (Å²) in [5.74, 6) is 2.19. The average Bonchev–Trinajstić information content (AvgIpc) is 3.42. The van der Waals surface area contributed by atoms with E-state index < -0.39 is 23.9 Å². The summed E-state index contributed by atoms with van der Waals surface area (Å²) in [6.45, 7) is 18.0. The number of carbonyl (C=O) groups excluding carboxylic acids is 6. The number of carbonyl (C=O) groups is 6. The van der Waals surface area contributed by atoms with Gasteiger partial charge >= 0.3 is 35.8 Å². The van der Waals surface area contributed by atoms with Gasteiger partial charge in [0.25, 0.3) is 0 Å². The number of ether oxygens (including phenoxy) is 8.